The van der Waals surface area contributed by atoms with Crippen LogP contribution in [0.3, 0.4) is 0 Å². The van der Waals surface area contributed by atoms with Crippen molar-refractivity contribution in [3.05, 3.63) is 93.4 Å². The van der Waals surface area contributed by atoms with Crippen molar-refractivity contribution in [2.24, 2.45) is 0 Å². The van der Waals surface area contributed by atoms with Crippen LogP contribution in [0.15, 0.2) is 70.7 Å². The summed E-state index contributed by atoms with van der Waals surface area (Å²) in [5.41, 5.74) is 1.26. The minimum Gasteiger partial charge on any atom is -0.460 e. The lowest BCUT2D eigenvalue weighted by molar-refractivity contribution is -0.136. The van der Waals surface area contributed by atoms with Crippen LogP contribution >= 0.6 is 23.2 Å². The summed E-state index contributed by atoms with van der Waals surface area (Å²) in [5, 5.41) is 17.4. The van der Waals surface area contributed by atoms with E-state index < -0.39 is 17.7 Å². The number of hydrogen-bond donors (Lipinski definition) is 3. The van der Waals surface area contributed by atoms with Gasteiger partial charge in [-0.1, -0.05) is 53.5 Å². The molecule has 2 aromatic carbocycles. The fraction of sp³-hybridized carbons (Fsp3) is 0.120. The van der Waals surface area contributed by atoms with Gasteiger partial charge in [0, 0.05) is 18.3 Å². The smallest absolute Gasteiger partial charge is 0.313 e. The third-order valence-corrected chi connectivity index (χ3v) is 5.42. The van der Waals surface area contributed by atoms with Crippen LogP contribution in [0.2, 0.25) is 10.0 Å². The molecule has 3 N–H and O–H groups in total. The lowest BCUT2D eigenvalue weighted by atomic mass is 10.1. The Kier molecular flexibility index (Phi) is 9.07. The van der Waals surface area contributed by atoms with Crippen molar-refractivity contribution in [3.63, 3.8) is 0 Å². The second kappa shape index (κ2) is 12.4. The van der Waals surface area contributed by atoms with Gasteiger partial charge < -0.3 is 20.4 Å². The van der Waals surface area contributed by atoms with E-state index in [1.54, 1.807) is 12.1 Å². The van der Waals surface area contributed by atoms with Gasteiger partial charge in [-0.25, -0.2) is 0 Å². The molecular weight excluding hydrogens is 491 g/mol. The number of rotatable bonds is 8. The molecule has 0 aliphatic heterocycles. The van der Waals surface area contributed by atoms with Gasteiger partial charge in [0.25, 0.3) is 5.91 Å². The van der Waals surface area contributed by atoms with Gasteiger partial charge in [0.1, 0.15) is 23.2 Å². The largest absolute Gasteiger partial charge is 0.460 e. The fourth-order valence-corrected chi connectivity index (χ4v) is 3.23. The van der Waals surface area contributed by atoms with Gasteiger partial charge in [0.05, 0.1) is 16.6 Å². The number of benzene rings is 2. The molecule has 0 aliphatic rings. The highest BCUT2D eigenvalue weighted by Gasteiger charge is 2.15. The lowest BCUT2D eigenvalue weighted by Gasteiger charge is -2.06. The quantitative estimate of drug-likeness (QED) is 0.239. The average Bonchev–Trinajstić information content (AvgIpc) is 3.31. The Morgan fingerprint density at radius 1 is 0.914 bits per heavy atom. The summed E-state index contributed by atoms with van der Waals surface area (Å²) in [6.45, 7) is 0.300. The molecule has 0 radical (unpaired) electrons. The Hall–Kier alpha value is -4.06. The van der Waals surface area contributed by atoms with Gasteiger partial charge >= 0.3 is 11.8 Å². The molecule has 0 atom stereocenters. The van der Waals surface area contributed by atoms with E-state index in [0.717, 1.165) is 5.56 Å². The molecule has 0 saturated carbocycles. The first-order valence-electron chi connectivity index (χ1n) is 10.4. The van der Waals surface area contributed by atoms with Crippen LogP contribution in [-0.4, -0.2) is 24.3 Å². The lowest BCUT2D eigenvalue weighted by Crippen LogP contribution is -2.34. The van der Waals surface area contributed by atoms with E-state index in [4.69, 9.17) is 27.6 Å². The minimum atomic E-state index is -0.894. The maximum atomic E-state index is 12.3. The first-order chi connectivity index (χ1) is 16.9. The molecule has 0 aliphatic carbocycles. The molecule has 3 amide bonds. The monoisotopic (exact) mass is 510 g/mol. The third-order valence-electron chi connectivity index (χ3n) is 4.68. The average molecular weight is 511 g/mol. The molecule has 0 saturated heterocycles. The predicted molar refractivity (Wildman–Crippen MR) is 132 cm³/mol. The first kappa shape index (κ1) is 25.6. The van der Waals surface area contributed by atoms with Crippen molar-refractivity contribution < 1.29 is 18.8 Å². The summed E-state index contributed by atoms with van der Waals surface area (Å²) < 4.78 is 5.53. The normalized spacial score (nSPS) is 10.8. The number of furan rings is 1. The number of carbonyl (C=O) groups excluding carboxylic acids is 3. The molecule has 0 bridgehead atoms. The number of nitriles is 1. The summed E-state index contributed by atoms with van der Waals surface area (Å²) in [5.74, 6) is -1.72. The maximum absolute atomic E-state index is 12.3. The summed E-state index contributed by atoms with van der Waals surface area (Å²) >= 11 is 11.7. The Bertz CT molecular complexity index is 1300. The number of hydrogen-bond acceptors (Lipinski definition) is 5. The van der Waals surface area contributed by atoms with Crippen LogP contribution in [0, 0.1) is 11.3 Å². The van der Waals surface area contributed by atoms with Crippen LogP contribution in [0.5, 0.6) is 0 Å². The van der Waals surface area contributed by atoms with E-state index in [0.29, 0.717) is 29.4 Å². The first-order valence-corrected chi connectivity index (χ1v) is 11.2. The maximum Gasteiger partial charge on any atom is 0.313 e. The molecule has 1 heterocycles. The molecule has 35 heavy (non-hydrogen) atoms. The summed E-state index contributed by atoms with van der Waals surface area (Å²) in [6.07, 6.45) is 1.94. The standard InChI is InChI=1S/C25H20Cl2N4O4/c26-21-9-6-18(13-22(21)27)31-25(34)24(33)30-15-20-8-7-19(35-20)12-17(14-28)23(32)29-11-10-16-4-2-1-3-5-16/h1-9,12-13H,10-11,15H2,(H,29,32)(H,30,33)(H,31,34)/b17-12-. The molecule has 178 valence electrons. The van der Waals surface area contributed by atoms with E-state index in [2.05, 4.69) is 16.0 Å². The Balaban J connectivity index is 1.50. The van der Waals surface area contributed by atoms with Crippen LogP contribution < -0.4 is 16.0 Å². The van der Waals surface area contributed by atoms with Crippen LogP contribution in [0.25, 0.3) is 6.08 Å². The van der Waals surface area contributed by atoms with Gasteiger partial charge in [0.15, 0.2) is 0 Å². The Morgan fingerprint density at radius 3 is 2.40 bits per heavy atom. The molecule has 0 unspecified atom stereocenters. The van der Waals surface area contributed by atoms with E-state index >= 15 is 0 Å². The molecular formula is C25H20Cl2N4O4. The van der Waals surface area contributed by atoms with Gasteiger partial charge in [-0.3, -0.25) is 14.4 Å². The molecule has 8 nitrogen and oxygen atoms in total. The van der Waals surface area contributed by atoms with Crippen LogP contribution in [0.1, 0.15) is 17.1 Å². The number of halogens is 2. The van der Waals surface area contributed by atoms with Crippen molar-refractivity contribution in [1.29, 1.82) is 5.26 Å². The molecule has 1 aromatic heterocycles. The highest BCUT2D eigenvalue weighted by atomic mass is 35.5. The van der Waals surface area contributed by atoms with Crippen molar-refractivity contribution in [1.82, 2.24) is 10.6 Å². The second-order valence-electron chi connectivity index (χ2n) is 7.23. The zero-order chi connectivity index (χ0) is 25.2. The van der Waals surface area contributed by atoms with Gasteiger partial charge in [-0.2, -0.15) is 5.26 Å². The molecule has 3 rings (SSSR count). The Labute approximate surface area is 211 Å². The number of nitrogens with zero attached hydrogens (tertiary/aromatic N) is 1. The van der Waals surface area contributed by atoms with Gasteiger partial charge in [-0.15, -0.1) is 0 Å². The van der Waals surface area contributed by atoms with Crippen LogP contribution in [-0.2, 0) is 27.3 Å². The fourth-order valence-electron chi connectivity index (χ4n) is 2.93. The van der Waals surface area contributed by atoms with Crippen molar-refractivity contribution in [2.75, 3.05) is 11.9 Å². The minimum absolute atomic E-state index is 0.0768. The Morgan fingerprint density at radius 2 is 1.69 bits per heavy atom. The molecule has 0 spiro atoms. The number of amides is 3. The second-order valence-corrected chi connectivity index (χ2v) is 8.05. The zero-order valence-electron chi connectivity index (χ0n) is 18.3. The van der Waals surface area contributed by atoms with Crippen molar-refractivity contribution in [3.8, 4) is 6.07 Å². The molecule has 0 fully saturated rings. The third kappa shape index (κ3) is 7.74. The summed E-state index contributed by atoms with van der Waals surface area (Å²) in [6, 6.07) is 19.0. The number of carbonyl (C=O) groups is 3. The summed E-state index contributed by atoms with van der Waals surface area (Å²) in [4.78, 5) is 36.4. The van der Waals surface area contributed by atoms with Gasteiger partial charge in [-0.05, 0) is 42.3 Å². The van der Waals surface area contributed by atoms with Crippen molar-refractivity contribution in [2.45, 2.75) is 13.0 Å². The predicted octanol–water partition coefficient (Wildman–Crippen LogP) is 4.11. The van der Waals surface area contributed by atoms with E-state index in [1.807, 2.05) is 36.4 Å². The summed E-state index contributed by atoms with van der Waals surface area (Å²) in [7, 11) is 0. The zero-order valence-corrected chi connectivity index (χ0v) is 19.8. The topological polar surface area (TPSA) is 124 Å². The highest BCUT2D eigenvalue weighted by Crippen LogP contribution is 2.24. The molecule has 3 aromatic rings. The van der Waals surface area contributed by atoms with E-state index in [9.17, 15) is 19.6 Å². The van der Waals surface area contributed by atoms with Gasteiger partial charge in [0.2, 0.25) is 0 Å². The van der Waals surface area contributed by atoms with Crippen LogP contribution in [0.4, 0.5) is 5.69 Å². The van der Waals surface area contributed by atoms with E-state index in [-0.39, 0.29) is 22.9 Å². The van der Waals surface area contributed by atoms with E-state index in [1.165, 1.54) is 24.3 Å². The number of nitrogens with one attached hydrogen (secondary N) is 3. The SMILES string of the molecule is N#C/C(=C/c1ccc(CNC(=O)C(=O)Nc2ccc(Cl)c(Cl)c2)o1)C(=O)NCCc1ccccc1. The molecule has 10 heteroatoms. The highest BCUT2D eigenvalue weighted by molar-refractivity contribution is 6.42. The van der Waals surface area contributed by atoms with Crippen molar-refractivity contribution >= 4 is 52.7 Å². The number of anilines is 1.